The summed E-state index contributed by atoms with van der Waals surface area (Å²) in [4.78, 5) is 23.9. The molecule has 7 heteroatoms. The number of hydrogen-bond acceptors (Lipinski definition) is 4. The van der Waals surface area contributed by atoms with Gasteiger partial charge < -0.3 is 15.2 Å². The van der Waals surface area contributed by atoms with E-state index < -0.39 is 17.6 Å². The highest BCUT2D eigenvalue weighted by atomic mass is 16.5. The van der Waals surface area contributed by atoms with Crippen LogP contribution >= 0.6 is 0 Å². The molecule has 0 fully saturated rings. The minimum Gasteiger partial charge on any atom is -0.479 e. The highest BCUT2D eigenvalue weighted by Crippen LogP contribution is 2.14. The third-order valence-corrected chi connectivity index (χ3v) is 4.17. The summed E-state index contributed by atoms with van der Waals surface area (Å²) in [7, 11) is 0. The van der Waals surface area contributed by atoms with Gasteiger partial charge in [-0.05, 0) is 31.4 Å². The second kappa shape index (κ2) is 8.51. The van der Waals surface area contributed by atoms with Crippen LogP contribution in [0.15, 0.2) is 36.4 Å². The van der Waals surface area contributed by atoms with E-state index in [0.29, 0.717) is 0 Å². The van der Waals surface area contributed by atoms with Gasteiger partial charge in [-0.2, -0.15) is 5.10 Å². The van der Waals surface area contributed by atoms with Crippen LogP contribution in [-0.2, 0) is 35.5 Å². The Labute approximate surface area is 153 Å². The second-order valence-electron chi connectivity index (χ2n) is 6.32. The molecular formula is C19H25N3O4. The van der Waals surface area contributed by atoms with Crippen molar-refractivity contribution in [3.05, 3.63) is 53.3 Å². The van der Waals surface area contributed by atoms with Gasteiger partial charge in [0, 0.05) is 5.69 Å². The van der Waals surface area contributed by atoms with Gasteiger partial charge in [0.25, 0.3) is 0 Å². The normalized spacial score (nSPS) is 13.0. The van der Waals surface area contributed by atoms with Gasteiger partial charge in [-0.1, -0.05) is 44.2 Å². The Hall–Kier alpha value is -2.83. The summed E-state index contributed by atoms with van der Waals surface area (Å²) in [5.41, 5.74) is 1.11. The maximum absolute atomic E-state index is 12.1. The van der Waals surface area contributed by atoms with Crippen LogP contribution in [0.1, 0.15) is 37.7 Å². The summed E-state index contributed by atoms with van der Waals surface area (Å²) < 4.78 is 6.79. The minimum absolute atomic E-state index is 0.0198. The van der Waals surface area contributed by atoms with Crippen molar-refractivity contribution in [3.8, 4) is 0 Å². The van der Waals surface area contributed by atoms with Gasteiger partial charge in [-0.15, -0.1) is 0 Å². The molecule has 2 rings (SSSR count). The average Bonchev–Trinajstić information content (AvgIpc) is 3.02. The Morgan fingerprint density at radius 2 is 1.92 bits per heavy atom. The summed E-state index contributed by atoms with van der Waals surface area (Å²) in [5.74, 6) is -1.15. The number of aliphatic carboxylic acids is 1. The molecule has 1 amide bonds. The zero-order chi connectivity index (χ0) is 19.2. The molecule has 0 aliphatic rings. The van der Waals surface area contributed by atoms with Gasteiger partial charge >= 0.3 is 12.1 Å². The fourth-order valence-corrected chi connectivity index (χ4v) is 2.55. The van der Waals surface area contributed by atoms with Gasteiger partial charge in [0.1, 0.15) is 6.61 Å². The molecule has 1 aromatic heterocycles. The second-order valence-corrected chi connectivity index (χ2v) is 6.32. The summed E-state index contributed by atoms with van der Waals surface area (Å²) in [6.07, 6.45) is 0.706. The molecule has 0 aliphatic heterocycles. The van der Waals surface area contributed by atoms with Crippen LogP contribution in [0.4, 0.5) is 4.79 Å². The molecule has 2 aromatic rings. The molecule has 1 unspecified atom stereocenters. The molecule has 0 spiro atoms. The Kier molecular flexibility index (Phi) is 6.38. The smallest absolute Gasteiger partial charge is 0.408 e. The van der Waals surface area contributed by atoms with E-state index in [4.69, 9.17) is 4.74 Å². The van der Waals surface area contributed by atoms with Crippen LogP contribution in [0.5, 0.6) is 0 Å². The quantitative estimate of drug-likeness (QED) is 0.756. The van der Waals surface area contributed by atoms with E-state index in [-0.39, 0.29) is 13.2 Å². The molecular weight excluding hydrogens is 334 g/mol. The van der Waals surface area contributed by atoms with Crippen LogP contribution in [0.3, 0.4) is 0 Å². The lowest BCUT2D eigenvalue weighted by Gasteiger charge is -2.26. The van der Waals surface area contributed by atoms with E-state index in [2.05, 4.69) is 10.4 Å². The van der Waals surface area contributed by atoms with Gasteiger partial charge in [0.05, 0.1) is 12.2 Å². The van der Waals surface area contributed by atoms with Gasteiger partial charge in [0.15, 0.2) is 5.54 Å². The predicted molar refractivity (Wildman–Crippen MR) is 96.8 cm³/mol. The summed E-state index contributed by atoms with van der Waals surface area (Å²) in [6, 6.07) is 11.2. The fourth-order valence-electron chi connectivity index (χ4n) is 2.55. The number of alkyl carbamates (subject to hydrolysis) is 1. The number of benzene rings is 1. The van der Waals surface area contributed by atoms with Gasteiger partial charge in [-0.25, -0.2) is 9.59 Å². The first-order valence-electron chi connectivity index (χ1n) is 8.65. The third kappa shape index (κ3) is 4.84. The minimum atomic E-state index is -1.53. The first-order valence-corrected chi connectivity index (χ1v) is 8.65. The molecule has 26 heavy (non-hydrogen) atoms. The first-order chi connectivity index (χ1) is 12.4. The molecule has 1 aromatic carbocycles. The maximum Gasteiger partial charge on any atom is 0.408 e. The maximum atomic E-state index is 12.1. The number of ether oxygens (including phenoxy) is 1. The zero-order valence-corrected chi connectivity index (χ0v) is 15.4. The number of nitrogens with zero attached hydrogens (tertiary/aromatic N) is 2. The monoisotopic (exact) mass is 359 g/mol. The molecule has 0 aliphatic carbocycles. The number of carbonyl (C=O) groups excluding carboxylic acids is 1. The summed E-state index contributed by atoms with van der Waals surface area (Å²) >= 11 is 0. The van der Waals surface area contributed by atoms with Crippen LogP contribution < -0.4 is 5.32 Å². The first kappa shape index (κ1) is 19.5. The van der Waals surface area contributed by atoms with E-state index >= 15 is 0 Å². The molecule has 0 radical (unpaired) electrons. The number of carboxylic acids is 1. The molecule has 0 saturated carbocycles. The molecule has 1 atom stereocenters. The number of aryl methyl sites for hydroxylation is 2. The van der Waals surface area contributed by atoms with Crippen molar-refractivity contribution in [1.29, 1.82) is 0 Å². The Morgan fingerprint density at radius 3 is 2.50 bits per heavy atom. The molecule has 0 bridgehead atoms. The Balaban J connectivity index is 2.07. The van der Waals surface area contributed by atoms with Crippen molar-refractivity contribution < 1.29 is 19.4 Å². The highest BCUT2D eigenvalue weighted by molar-refractivity contribution is 5.83. The lowest BCUT2D eigenvalue weighted by Crippen LogP contribution is -2.55. The third-order valence-electron chi connectivity index (χ3n) is 4.17. The van der Waals surface area contributed by atoms with Crippen molar-refractivity contribution in [2.75, 3.05) is 0 Å². The van der Waals surface area contributed by atoms with Crippen LogP contribution in [0.2, 0.25) is 0 Å². The average molecular weight is 359 g/mol. The van der Waals surface area contributed by atoms with Crippen molar-refractivity contribution in [2.45, 2.75) is 52.3 Å². The topological polar surface area (TPSA) is 93.5 Å². The lowest BCUT2D eigenvalue weighted by molar-refractivity contribution is -0.144. The largest absolute Gasteiger partial charge is 0.479 e. The van der Waals surface area contributed by atoms with Gasteiger partial charge in [0.2, 0.25) is 0 Å². The van der Waals surface area contributed by atoms with Crippen molar-refractivity contribution in [2.24, 2.45) is 0 Å². The zero-order valence-electron chi connectivity index (χ0n) is 15.4. The molecule has 7 nitrogen and oxygen atoms in total. The SMILES string of the molecule is CCc1cc(CC)n(CC(C)(NC(=O)OCc2ccccc2)C(=O)O)n1. The number of amides is 1. The summed E-state index contributed by atoms with van der Waals surface area (Å²) in [6.45, 7) is 5.51. The Bertz CT molecular complexity index is 757. The molecule has 1 heterocycles. The van der Waals surface area contributed by atoms with Gasteiger partial charge in [-0.3, -0.25) is 4.68 Å². The number of hydrogen-bond donors (Lipinski definition) is 2. The van der Waals surface area contributed by atoms with Crippen LogP contribution in [0, 0.1) is 0 Å². The Morgan fingerprint density at radius 1 is 1.23 bits per heavy atom. The van der Waals surface area contributed by atoms with Crippen LogP contribution in [-0.4, -0.2) is 32.5 Å². The van der Waals surface area contributed by atoms with E-state index in [0.717, 1.165) is 29.8 Å². The lowest BCUT2D eigenvalue weighted by atomic mass is 10.0. The van der Waals surface area contributed by atoms with Crippen molar-refractivity contribution in [1.82, 2.24) is 15.1 Å². The van der Waals surface area contributed by atoms with E-state index in [1.54, 1.807) is 4.68 Å². The van der Waals surface area contributed by atoms with Crippen LogP contribution in [0.25, 0.3) is 0 Å². The molecule has 0 saturated heterocycles. The standard InChI is InChI=1S/C19H25N3O4/c1-4-15-11-16(5-2)22(21-15)13-19(3,17(23)24)20-18(25)26-12-14-9-7-6-8-10-14/h6-11H,4-5,12-13H2,1-3H3,(H,20,25)(H,23,24). The van der Waals surface area contributed by atoms with E-state index in [9.17, 15) is 14.7 Å². The van der Waals surface area contributed by atoms with Crippen molar-refractivity contribution >= 4 is 12.1 Å². The van der Waals surface area contributed by atoms with E-state index in [1.807, 2.05) is 50.2 Å². The number of carboxylic acid groups (broad SMARTS) is 1. The number of nitrogens with one attached hydrogen (secondary N) is 1. The highest BCUT2D eigenvalue weighted by Gasteiger charge is 2.37. The molecule has 140 valence electrons. The number of aromatic nitrogens is 2. The fraction of sp³-hybridized carbons (Fsp3) is 0.421. The molecule has 2 N–H and O–H groups in total. The number of carbonyl (C=O) groups is 2. The van der Waals surface area contributed by atoms with E-state index in [1.165, 1.54) is 6.92 Å². The predicted octanol–water partition coefficient (Wildman–Crippen LogP) is 2.78. The van der Waals surface area contributed by atoms with Crippen molar-refractivity contribution in [3.63, 3.8) is 0 Å². The number of rotatable bonds is 8. The summed E-state index contributed by atoms with van der Waals surface area (Å²) in [5, 5.41) is 16.5.